The molecule has 1 aliphatic carbocycles. The fraction of sp³-hybridized carbons (Fsp3) is 0.556. The molecule has 1 aromatic rings. The van der Waals surface area contributed by atoms with E-state index in [1.807, 2.05) is 0 Å². The highest BCUT2D eigenvalue weighted by atomic mass is 16.5. The van der Waals surface area contributed by atoms with E-state index in [1.165, 1.54) is 0 Å². The Morgan fingerprint density at radius 1 is 1.56 bits per heavy atom. The first kappa shape index (κ1) is 10.6. The number of carbonyl (C=O) groups excluding carboxylic acids is 1. The van der Waals surface area contributed by atoms with Crippen molar-refractivity contribution in [1.29, 1.82) is 0 Å². The number of aromatic nitrogens is 2. The summed E-state index contributed by atoms with van der Waals surface area (Å²) in [4.78, 5) is 26.4. The first-order valence-electron chi connectivity index (χ1n) is 4.92. The highest BCUT2D eigenvalue weighted by Gasteiger charge is 2.51. The van der Waals surface area contributed by atoms with Gasteiger partial charge in [-0.1, -0.05) is 11.6 Å². The Bertz CT molecular complexity index is 397. The predicted molar refractivity (Wildman–Crippen MR) is 50.1 cm³/mol. The second-order valence-electron chi connectivity index (χ2n) is 3.77. The third-order valence-corrected chi connectivity index (χ3v) is 2.87. The Morgan fingerprint density at radius 3 is 2.75 bits per heavy atom. The summed E-state index contributed by atoms with van der Waals surface area (Å²) in [7, 11) is 0. The smallest absolute Gasteiger partial charge is 0.319 e. The zero-order valence-corrected chi connectivity index (χ0v) is 8.47. The SMILES string of the molecule is O=C(O)C1(C(=O)NCc2ncon2)CCC1. The molecule has 0 saturated heterocycles. The van der Waals surface area contributed by atoms with Gasteiger partial charge in [0.1, 0.15) is 5.41 Å². The molecule has 1 fully saturated rings. The molecule has 16 heavy (non-hydrogen) atoms. The van der Waals surface area contributed by atoms with Crippen molar-refractivity contribution >= 4 is 11.9 Å². The van der Waals surface area contributed by atoms with Gasteiger partial charge in [0.2, 0.25) is 12.3 Å². The molecule has 1 saturated carbocycles. The predicted octanol–water partition coefficient (Wildman–Crippen LogP) is -0.0593. The maximum atomic E-state index is 11.7. The van der Waals surface area contributed by atoms with Gasteiger partial charge in [0, 0.05) is 0 Å². The summed E-state index contributed by atoms with van der Waals surface area (Å²) in [5, 5.41) is 15.0. The Kier molecular flexibility index (Phi) is 2.59. The fourth-order valence-corrected chi connectivity index (χ4v) is 1.67. The van der Waals surface area contributed by atoms with E-state index >= 15 is 0 Å². The summed E-state index contributed by atoms with van der Waals surface area (Å²) in [6.07, 6.45) is 2.69. The third-order valence-electron chi connectivity index (χ3n) is 2.87. The molecule has 2 N–H and O–H groups in total. The molecule has 0 bridgehead atoms. The van der Waals surface area contributed by atoms with Crippen molar-refractivity contribution in [2.45, 2.75) is 25.8 Å². The van der Waals surface area contributed by atoms with Crippen LogP contribution in [0.5, 0.6) is 0 Å². The molecular weight excluding hydrogens is 214 g/mol. The number of hydrogen-bond acceptors (Lipinski definition) is 5. The maximum absolute atomic E-state index is 11.7. The molecule has 0 spiro atoms. The number of carbonyl (C=O) groups is 2. The van der Waals surface area contributed by atoms with Gasteiger partial charge in [-0.25, -0.2) is 0 Å². The van der Waals surface area contributed by atoms with Crippen LogP contribution in [-0.2, 0) is 16.1 Å². The number of carboxylic acid groups (broad SMARTS) is 1. The lowest BCUT2D eigenvalue weighted by Crippen LogP contribution is -2.50. The summed E-state index contributed by atoms with van der Waals surface area (Å²) in [6, 6.07) is 0. The highest BCUT2D eigenvalue weighted by Crippen LogP contribution is 2.41. The van der Waals surface area contributed by atoms with Crippen molar-refractivity contribution in [2.24, 2.45) is 5.41 Å². The fourth-order valence-electron chi connectivity index (χ4n) is 1.67. The average molecular weight is 225 g/mol. The minimum Gasteiger partial charge on any atom is -0.480 e. The molecule has 0 aromatic carbocycles. The minimum absolute atomic E-state index is 0.0877. The Labute approximate surface area is 90.8 Å². The van der Waals surface area contributed by atoms with Crippen LogP contribution in [0.2, 0.25) is 0 Å². The third kappa shape index (κ3) is 1.64. The van der Waals surface area contributed by atoms with Crippen LogP contribution in [0.25, 0.3) is 0 Å². The number of aliphatic carboxylic acids is 1. The van der Waals surface area contributed by atoms with Crippen molar-refractivity contribution in [3.05, 3.63) is 12.2 Å². The summed E-state index contributed by atoms with van der Waals surface area (Å²) < 4.78 is 4.49. The standard InChI is InChI=1S/C9H11N3O4/c13-7(9(8(14)15)2-1-3-9)10-4-6-11-5-16-12-6/h5H,1-4H2,(H,10,13)(H,14,15). The highest BCUT2D eigenvalue weighted by molar-refractivity contribution is 6.02. The van der Waals surface area contributed by atoms with Crippen LogP contribution in [0.15, 0.2) is 10.9 Å². The molecule has 2 rings (SSSR count). The number of nitrogens with one attached hydrogen (secondary N) is 1. The van der Waals surface area contributed by atoms with E-state index in [9.17, 15) is 9.59 Å². The summed E-state index contributed by atoms with van der Waals surface area (Å²) in [5.74, 6) is -1.21. The van der Waals surface area contributed by atoms with Gasteiger partial charge in [-0.2, -0.15) is 4.98 Å². The monoisotopic (exact) mass is 225 g/mol. The van der Waals surface area contributed by atoms with Crippen molar-refractivity contribution in [2.75, 3.05) is 0 Å². The van der Waals surface area contributed by atoms with E-state index in [0.717, 1.165) is 12.8 Å². The van der Waals surface area contributed by atoms with E-state index in [1.54, 1.807) is 0 Å². The van der Waals surface area contributed by atoms with Crippen molar-refractivity contribution < 1.29 is 19.2 Å². The largest absolute Gasteiger partial charge is 0.480 e. The zero-order chi connectivity index (χ0) is 11.6. The van der Waals surface area contributed by atoms with Crippen molar-refractivity contribution in [1.82, 2.24) is 15.5 Å². The molecule has 86 valence electrons. The van der Waals surface area contributed by atoms with Gasteiger partial charge >= 0.3 is 5.97 Å². The van der Waals surface area contributed by atoms with E-state index < -0.39 is 17.3 Å². The van der Waals surface area contributed by atoms with Crippen LogP contribution < -0.4 is 5.32 Å². The molecule has 0 radical (unpaired) electrons. The topological polar surface area (TPSA) is 105 Å². The summed E-state index contributed by atoms with van der Waals surface area (Å²) in [6.45, 7) is 0.0877. The first-order valence-corrected chi connectivity index (χ1v) is 4.92. The number of rotatable bonds is 4. The van der Waals surface area contributed by atoms with Crippen LogP contribution >= 0.6 is 0 Å². The van der Waals surface area contributed by atoms with Gasteiger partial charge in [0.05, 0.1) is 6.54 Å². The van der Waals surface area contributed by atoms with E-state index in [0.29, 0.717) is 18.7 Å². The van der Waals surface area contributed by atoms with Gasteiger partial charge in [0.25, 0.3) is 0 Å². The Morgan fingerprint density at radius 2 is 2.31 bits per heavy atom. The van der Waals surface area contributed by atoms with Crippen LogP contribution in [0.4, 0.5) is 0 Å². The van der Waals surface area contributed by atoms with Gasteiger partial charge in [0.15, 0.2) is 5.82 Å². The van der Waals surface area contributed by atoms with Crippen LogP contribution in [0.3, 0.4) is 0 Å². The zero-order valence-electron chi connectivity index (χ0n) is 8.47. The van der Waals surface area contributed by atoms with E-state index in [4.69, 9.17) is 5.11 Å². The van der Waals surface area contributed by atoms with Gasteiger partial charge in [-0.15, -0.1) is 0 Å². The number of nitrogens with zero attached hydrogens (tertiary/aromatic N) is 2. The molecule has 1 aromatic heterocycles. The second kappa shape index (κ2) is 3.92. The van der Waals surface area contributed by atoms with Crippen molar-refractivity contribution in [3.63, 3.8) is 0 Å². The Balaban J connectivity index is 1.95. The van der Waals surface area contributed by atoms with Gasteiger partial charge in [-0.05, 0) is 12.8 Å². The minimum atomic E-state index is -1.25. The summed E-state index contributed by atoms with van der Waals surface area (Å²) >= 11 is 0. The molecule has 0 atom stereocenters. The molecule has 7 nitrogen and oxygen atoms in total. The first-order chi connectivity index (χ1) is 7.65. The Hall–Kier alpha value is -1.92. The molecule has 1 heterocycles. The lowest BCUT2D eigenvalue weighted by atomic mass is 9.68. The molecule has 0 unspecified atom stereocenters. The quantitative estimate of drug-likeness (QED) is 0.695. The lowest BCUT2D eigenvalue weighted by Gasteiger charge is -2.35. The number of carboxylic acids is 1. The van der Waals surface area contributed by atoms with E-state index in [-0.39, 0.29) is 6.54 Å². The van der Waals surface area contributed by atoms with Crippen LogP contribution in [0, 0.1) is 5.41 Å². The lowest BCUT2D eigenvalue weighted by molar-refractivity contribution is -0.162. The molecule has 1 amide bonds. The molecule has 0 aliphatic heterocycles. The van der Waals surface area contributed by atoms with Crippen molar-refractivity contribution in [3.8, 4) is 0 Å². The normalized spacial score (nSPS) is 17.5. The number of hydrogen-bond donors (Lipinski definition) is 2. The summed E-state index contributed by atoms with van der Waals surface area (Å²) in [5.41, 5.74) is -1.25. The van der Waals surface area contributed by atoms with E-state index in [2.05, 4.69) is 20.0 Å². The molecular formula is C9H11N3O4. The molecule has 1 aliphatic rings. The van der Waals surface area contributed by atoms with Gasteiger partial charge in [-0.3, -0.25) is 9.59 Å². The number of amides is 1. The second-order valence-corrected chi connectivity index (χ2v) is 3.77. The molecule has 7 heteroatoms. The van der Waals surface area contributed by atoms with Crippen LogP contribution in [0.1, 0.15) is 25.1 Å². The maximum Gasteiger partial charge on any atom is 0.319 e. The van der Waals surface area contributed by atoms with Crippen LogP contribution in [-0.4, -0.2) is 27.1 Å². The average Bonchev–Trinajstić information content (AvgIpc) is 2.64. The van der Waals surface area contributed by atoms with Gasteiger partial charge < -0.3 is 14.9 Å².